The maximum atomic E-state index is 14.7. The number of rotatable bonds is 9. The number of anilines is 1. The minimum Gasteiger partial charge on any atom is -0.394 e. The molecule has 0 spiro atoms. The van der Waals surface area contributed by atoms with Gasteiger partial charge in [0.1, 0.15) is 10.7 Å². The zero-order valence-corrected chi connectivity index (χ0v) is 20.1. The predicted octanol–water partition coefficient (Wildman–Crippen LogP) is 3.23. The van der Waals surface area contributed by atoms with Gasteiger partial charge >= 0.3 is 0 Å². The third-order valence-corrected chi connectivity index (χ3v) is 7.78. The van der Waals surface area contributed by atoms with Crippen LogP contribution < -0.4 is 11.1 Å². The van der Waals surface area contributed by atoms with Crippen molar-refractivity contribution in [2.75, 3.05) is 18.6 Å². The first-order valence-electron chi connectivity index (χ1n) is 9.80. The molecule has 0 unspecified atom stereocenters. The van der Waals surface area contributed by atoms with E-state index < -0.39 is 15.7 Å². The molecule has 0 saturated carbocycles. The number of nitrogens with two attached hydrogens (primary N) is 1. The highest BCUT2D eigenvalue weighted by molar-refractivity contribution is 7.96. The maximum Gasteiger partial charge on any atom is 0.180 e. The number of benzene rings is 1. The number of aliphatic hydroxyl groups excluding tert-OH is 1. The summed E-state index contributed by atoms with van der Waals surface area (Å²) in [6.45, 7) is 4.67. The van der Waals surface area contributed by atoms with E-state index in [-0.39, 0.29) is 23.3 Å². The van der Waals surface area contributed by atoms with E-state index in [1.165, 1.54) is 29.4 Å². The van der Waals surface area contributed by atoms with Crippen molar-refractivity contribution >= 4 is 44.0 Å². The fourth-order valence-electron chi connectivity index (χ4n) is 3.34. The van der Waals surface area contributed by atoms with E-state index in [9.17, 15) is 17.9 Å². The normalized spacial score (nSPS) is 15.0. The smallest absolute Gasteiger partial charge is 0.180 e. The largest absolute Gasteiger partial charge is 0.394 e. The van der Waals surface area contributed by atoms with Gasteiger partial charge in [0, 0.05) is 29.8 Å². The molecular weight excluding hydrogens is 459 g/mol. The van der Waals surface area contributed by atoms with Crippen molar-refractivity contribution in [2.24, 2.45) is 5.92 Å². The third kappa shape index (κ3) is 5.91. The quantitative estimate of drug-likeness (QED) is 0.464. The fraction of sp³-hybridized carbons (Fsp3) is 0.450. The molecule has 1 aromatic carbocycles. The first kappa shape index (κ1) is 23.8. The second-order valence-electron chi connectivity index (χ2n) is 7.87. The molecule has 1 aliphatic rings. The Kier molecular flexibility index (Phi) is 7.51. The van der Waals surface area contributed by atoms with Gasteiger partial charge in [-0.15, -0.1) is 0 Å². The van der Waals surface area contributed by atoms with Crippen LogP contribution in [0.25, 0.3) is 5.70 Å². The van der Waals surface area contributed by atoms with E-state index in [1.54, 1.807) is 12.1 Å². The van der Waals surface area contributed by atoms with Crippen molar-refractivity contribution in [3.05, 3.63) is 46.4 Å². The lowest BCUT2D eigenvalue weighted by Crippen LogP contribution is -2.34. The van der Waals surface area contributed by atoms with E-state index in [2.05, 4.69) is 24.1 Å². The van der Waals surface area contributed by atoms with Crippen LogP contribution in [-0.4, -0.2) is 41.7 Å². The summed E-state index contributed by atoms with van der Waals surface area (Å²) in [4.78, 5) is 5.05. The van der Waals surface area contributed by atoms with E-state index in [0.29, 0.717) is 23.2 Å². The highest BCUT2D eigenvalue weighted by Gasteiger charge is 2.25. The molecule has 4 N–H and O–H groups in total. The van der Waals surface area contributed by atoms with Gasteiger partial charge in [-0.2, -0.15) is 0 Å². The zero-order valence-electron chi connectivity index (χ0n) is 17.6. The summed E-state index contributed by atoms with van der Waals surface area (Å²) in [7, 11) is -3.64. The average molecular weight is 487 g/mol. The van der Waals surface area contributed by atoms with E-state index in [0.717, 1.165) is 28.9 Å². The summed E-state index contributed by atoms with van der Waals surface area (Å²) in [5, 5.41) is 13.6. The molecule has 0 fully saturated rings. The maximum absolute atomic E-state index is 14.7. The number of aromatic nitrogens is 1. The Labute approximate surface area is 190 Å². The molecule has 2 heterocycles. The number of hydrogen-bond acceptors (Lipinski definition) is 9. The number of sulfone groups is 1. The zero-order chi connectivity index (χ0) is 22.8. The van der Waals surface area contributed by atoms with E-state index in [4.69, 9.17) is 5.73 Å². The van der Waals surface area contributed by atoms with Gasteiger partial charge in [0.2, 0.25) is 0 Å². The van der Waals surface area contributed by atoms with Crippen LogP contribution in [0.1, 0.15) is 36.4 Å². The Morgan fingerprint density at radius 3 is 2.81 bits per heavy atom. The summed E-state index contributed by atoms with van der Waals surface area (Å²) >= 11 is 2.74. The van der Waals surface area contributed by atoms with Crippen molar-refractivity contribution in [3.8, 4) is 0 Å². The highest BCUT2D eigenvalue weighted by Crippen LogP contribution is 2.35. The SMILES string of the molecule is CC(C)C[C@H](CO)NC1=CN(SCc2cccc(S(C)(=O)=O)c2F)Cc2nc(N)sc21. The molecule has 1 atom stereocenters. The molecule has 1 aliphatic heterocycles. The van der Waals surface area contributed by atoms with E-state index >= 15 is 0 Å². The molecule has 0 bridgehead atoms. The van der Waals surface area contributed by atoms with Crippen molar-refractivity contribution in [1.29, 1.82) is 0 Å². The molecule has 0 aliphatic carbocycles. The summed E-state index contributed by atoms with van der Waals surface area (Å²) < 4.78 is 40.2. The molecule has 31 heavy (non-hydrogen) atoms. The molecule has 0 saturated heterocycles. The van der Waals surface area contributed by atoms with Gasteiger partial charge < -0.3 is 20.5 Å². The average Bonchev–Trinajstić information content (AvgIpc) is 3.05. The molecule has 11 heteroatoms. The van der Waals surface area contributed by atoms with Crippen LogP contribution >= 0.6 is 23.3 Å². The Balaban J connectivity index is 1.80. The molecule has 3 rings (SSSR count). The highest BCUT2D eigenvalue weighted by atomic mass is 32.2. The number of hydrogen-bond donors (Lipinski definition) is 3. The predicted molar refractivity (Wildman–Crippen MR) is 124 cm³/mol. The number of fused-ring (bicyclic) bond motifs is 1. The third-order valence-electron chi connectivity index (χ3n) is 4.70. The van der Waals surface area contributed by atoms with Crippen molar-refractivity contribution in [1.82, 2.24) is 14.6 Å². The lowest BCUT2D eigenvalue weighted by Gasteiger charge is -2.28. The molecule has 7 nitrogen and oxygen atoms in total. The lowest BCUT2D eigenvalue weighted by atomic mass is 10.0. The van der Waals surface area contributed by atoms with Crippen molar-refractivity contribution < 1.29 is 17.9 Å². The fourth-order valence-corrected chi connectivity index (χ4v) is 5.86. The van der Waals surface area contributed by atoms with Crippen LogP contribution in [0.4, 0.5) is 9.52 Å². The van der Waals surface area contributed by atoms with Crippen LogP contribution in [0, 0.1) is 11.7 Å². The second kappa shape index (κ2) is 9.76. The van der Waals surface area contributed by atoms with Crippen LogP contribution in [0.5, 0.6) is 0 Å². The number of nitrogen functional groups attached to an aromatic ring is 1. The van der Waals surface area contributed by atoms with Crippen LogP contribution in [0.2, 0.25) is 0 Å². The van der Waals surface area contributed by atoms with Gasteiger partial charge in [0.25, 0.3) is 0 Å². The Hall–Kier alpha value is -1.82. The number of thiazole rings is 1. The first-order valence-corrected chi connectivity index (χ1v) is 13.4. The standard InChI is InChI=1S/C20H27FN4O3S3/c1-12(2)7-14(10-26)23-15-8-25(9-16-19(15)30-20(22)24-16)29-11-13-5-4-6-17(18(13)21)31(3,27)28/h4-6,8,12,14,23,26H,7,9-11H2,1-3H3,(H2,22,24)/t14-/m1/s1. The van der Waals surface area contributed by atoms with Crippen molar-refractivity contribution in [2.45, 2.75) is 43.5 Å². The second-order valence-corrected chi connectivity index (χ2v) is 11.9. The number of halogens is 1. The Morgan fingerprint density at radius 2 is 2.16 bits per heavy atom. The van der Waals surface area contributed by atoms with E-state index in [1.807, 2.05) is 10.5 Å². The van der Waals surface area contributed by atoms with Gasteiger partial charge in [-0.05, 0) is 30.4 Å². The van der Waals surface area contributed by atoms with Gasteiger partial charge in [-0.25, -0.2) is 17.8 Å². The topological polar surface area (TPSA) is 109 Å². The molecule has 2 aromatic rings. The monoisotopic (exact) mass is 486 g/mol. The summed E-state index contributed by atoms with van der Waals surface area (Å²) in [6.07, 6.45) is 3.70. The van der Waals surface area contributed by atoms with Crippen LogP contribution in [0.15, 0.2) is 29.3 Å². The molecular formula is C20H27FN4O3S3. The molecule has 0 amide bonds. The number of nitrogens with one attached hydrogen (secondary N) is 1. The number of nitrogens with zero attached hydrogens (tertiary/aromatic N) is 2. The molecule has 0 radical (unpaired) electrons. The lowest BCUT2D eigenvalue weighted by molar-refractivity contribution is 0.236. The van der Waals surface area contributed by atoms with Crippen molar-refractivity contribution in [3.63, 3.8) is 0 Å². The van der Waals surface area contributed by atoms with Gasteiger partial charge in [-0.1, -0.05) is 37.3 Å². The summed E-state index contributed by atoms with van der Waals surface area (Å²) in [5.74, 6) is -0.0493. The van der Waals surface area contributed by atoms with Gasteiger partial charge in [0.15, 0.2) is 15.0 Å². The molecule has 170 valence electrons. The van der Waals surface area contributed by atoms with Gasteiger partial charge in [0.05, 0.1) is 29.4 Å². The first-order chi connectivity index (χ1) is 14.6. The number of aliphatic hydroxyl groups is 1. The van der Waals surface area contributed by atoms with Gasteiger partial charge in [-0.3, -0.25) is 0 Å². The van der Waals surface area contributed by atoms with Crippen LogP contribution in [-0.2, 0) is 22.1 Å². The summed E-state index contributed by atoms with van der Waals surface area (Å²) in [6, 6.07) is 4.29. The summed E-state index contributed by atoms with van der Waals surface area (Å²) in [5.41, 5.74) is 7.86. The minimum absolute atomic E-state index is 0.00419. The van der Waals surface area contributed by atoms with Crippen LogP contribution in [0.3, 0.4) is 0 Å². The minimum atomic E-state index is -3.64. The Morgan fingerprint density at radius 1 is 1.42 bits per heavy atom. The molecule has 1 aromatic heterocycles. The Bertz CT molecular complexity index is 1070.